The molecular formula is C24H22N8. The highest BCUT2D eigenvalue weighted by Gasteiger charge is 2.14. The fraction of sp³-hybridized carbons (Fsp3) is 0.167. The second-order valence-electron chi connectivity index (χ2n) is 7.44. The third-order valence-electron chi connectivity index (χ3n) is 5.20. The summed E-state index contributed by atoms with van der Waals surface area (Å²) in [5.41, 5.74) is 4.87. The van der Waals surface area contributed by atoms with Gasteiger partial charge in [0.25, 0.3) is 0 Å². The van der Waals surface area contributed by atoms with Gasteiger partial charge in [0, 0.05) is 41.5 Å². The highest BCUT2D eigenvalue weighted by molar-refractivity contribution is 5.79. The molecule has 0 radical (unpaired) electrons. The molecule has 1 N–H and O–H groups in total. The minimum absolute atomic E-state index is 0.561. The van der Waals surface area contributed by atoms with Gasteiger partial charge in [-0.3, -0.25) is 4.98 Å². The zero-order chi connectivity index (χ0) is 21.8. The Hall–Kier alpha value is -4.20. The Morgan fingerprint density at radius 1 is 0.844 bits per heavy atom. The molecule has 0 bridgehead atoms. The molecular weight excluding hydrogens is 400 g/mol. The van der Waals surface area contributed by atoms with Crippen molar-refractivity contribution < 1.29 is 0 Å². The van der Waals surface area contributed by atoms with Crippen LogP contribution in [0.2, 0.25) is 0 Å². The molecule has 0 aliphatic rings. The van der Waals surface area contributed by atoms with E-state index in [0.29, 0.717) is 12.2 Å². The molecule has 0 fully saturated rings. The van der Waals surface area contributed by atoms with Gasteiger partial charge in [-0.1, -0.05) is 67.6 Å². The number of hydrogen-bond acceptors (Lipinski definition) is 6. The summed E-state index contributed by atoms with van der Waals surface area (Å²) in [4.78, 5) is 9.52. The van der Waals surface area contributed by atoms with Gasteiger partial charge in [-0.2, -0.15) is 10.3 Å². The highest BCUT2D eigenvalue weighted by atomic mass is 15.5. The second kappa shape index (κ2) is 8.89. The molecule has 0 aliphatic heterocycles. The number of aryl methyl sites for hydroxylation is 1. The van der Waals surface area contributed by atoms with Crippen LogP contribution in [-0.4, -0.2) is 40.4 Å². The lowest BCUT2D eigenvalue weighted by atomic mass is 10.0. The third kappa shape index (κ3) is 4.02. The molecule has 3 aromatic heterocycles. The van der Waals surface area contributed by atoms with E-state index in [-0.39, 0.29) is 0 Å². The summed E-state index contributed by atoms with van der Waals surface area (Å²) < 4.78 is 1.99. The molecule has 0 unspecified atom stereocenters. The van der Waals surface area contributed by atoms with Crippen LogP contribution < -0.4 is 0 Å². The normalized spacial score (nSPS) is 11.0. The fourth-order valence-corrected chi connectivity index (χ4v) is 3.66. The van der Waals surface area contributed by atoms with E-state index in [2.05, 4.69) is 33.6 Å². The van der Waals surface area contributed by atoms with Gasteiger partial charge in [0.15, 0.2) is 5.82 Å². The predicted octanol–water partition coefficient (Wildman–Crippen LogP) is 4.19. The summed E-state index contributed by atoms with van der Waals surface area (Å²) in [6, 6.07) is 22.1. The summed E-state index contributed by atoms with van der Waals surface area (Å²) in [5.74, 6) is 2.23. The number of rotatable bonds is 7. The molecule has 0 atom stereocenters. The Morgan fingerprint density at radius 2 is 1.66 bits per heavy atom. The van der Waals surface area contributed by atoms with Gasteiger partial charge in [-0.05, 0) is 23.3 Å². The Morgan fingerprint density at radius 3 is 2.38 bits per heavy atom. The van der Waals surface area contributed by atoms with Gasteiger partial charge in [0.2, 0.25) is 5.82 Å². The Bertz CT molecular complexity index is 1290. The number of H-pyrrole nitrogens is 1. The number of aromatic nitrogens is 8. The van der Waals surface area contributed by atoms with E-state index in [1.807, 2.05) is 71.5 Å². The van der Waals surface area contributed by atoms with E-state index < -0.39 is 0 Å². The summed E-state index contributed by atoms with van der Waals surface area (Å²) in [7, 11) is 0. The molecule has 5 aromatic rings. The number of nitrogens with one attached hydrogen (secondary N) is 1. The average Bonchev–Trinajstić information content (AvgIpc) is 3.51. The van der Waals surface area contributed by atoms with Crippen molar-refractivity contribution in [1.29, 1.82) is 0 Å². The number of pyridine rings is 1. The van der Waals surface area contributed by atoms with Crippen LogP contribution >= 0.6 is 0 Å². The van der Waals surface area contributed by atoms with Crippen molar-refractivity contribution in [3.63, 3.8) is 0 Å². The minimum Gasteiger partial charge on any atom is -0.260 e. The first-order valence-corrected chi connectivity index (χ1v) is 10.6. The SMILES string of the molecule is CCCn1nc(-c2ccccc2)nc1Cc1ccc(-c2ccccc2-c2nn[nH]n2)cn1. The lowest BCUT2D eigenvalue weighted by molar-refractivity contribution is 0.575. The fourth-order valence-electron chi connectivity index (χ4n) is 3.66. The van der Waals surface area contributed by atoms with E-state index >= 15 is 0 Å². The van der Waals surface area contributed by atoms with Crippen LogP contribution in [0.25, 0.3) is 33.9 Å². The lowest BCUT2D eigenvalue weighted by Gasteiger charge is -2.08. The summed E-state index contributed by atoms with van der Waals surface area (Å²) in [6.45, 7) is 2.97. The maximum absolute atomic E-state index is 4.81. The molecule has 3 heterocycles. The topological polar surface area (TPSA) is 98.1 Å². The number of benzene rings is 2. The zero-order valence-corrected chi connectivity index (χ0v) is 17.7. The first-order valence-electron chi connectivity index (χ1n) is 10.6. The van der Waals surface area contributed by atoms with Crippen molar-refractivity contribution in [1.82, 2.24) is 40.4 Å². The predicted molar refractivity (Wildman–Crippen MR) is 121 cm³/mol. The average molecular weight is 422 g/mol. The third-order valence-corrected chi connectivity index (χ3v) is 5.20. The smallest absolute Gasteiger partial charge is 0.205 e. The molecule has 0 saturated heterocycles. The van der Waals surface area contributed by atoms with E-state index in [1.165, 1.54) is 0 Å². The Labute approximate surface area is 185 Å². The van der Waals surface area contributed by atoms with Crippen molar-refractivity contribution in [2.45, 2.75) is 26.3 Å². The van der Waals surface area contributed by atoms with Crippen LogP contribution in [0.3, 0.4) is 0 Å². The van der Waals surface area contributed by atoms with Gasteiger partial charge < -0.3 is 0 Å². The molecule has 8 heteroatoms. The molecule has 8 nitrogen and oxygen atoms in total. The standard InChI is InChI=1S/C24H22N8/c1-2-14-32-22(26-23(29-32)17-8-4-3-5-9-17)15-19-13-12-18(16-25-19)20-10-6-7-11-21(20)24-27-30-31-28-24/h3-13,16H,2,14-15H2,1H3,(H,27,28,30,31). The maximum atomic E-state index is 4.81. The lowest BCUT2D eigenvalue weighted by Crippen LogP contribution is -2.06. The van der Waals surface area contributed by atoms with E-state index in [4.69, 9.17) is 15.1 Å². The van der Waals surface area contributed by atoms with Crippen molar-refractivity contribution in [3.05, 3.63) is 84.4 Å². The van der Waals surface area contributed by atoms with Crippen LogP contribution in [-0.2, 0) is 13.0 Å². The Kier molecular flexibility index (Phi) is 5.48. The summed E-state index contributed by atoms with van der Waals surface area (Å²) >= 11 is 0. The van der Waals surface area contributed by atoms with Gasteiger partial charge in [-0.25, -0.2) is 9.67 Å². The molecule has 158 valence electrons. The number of hydrogen-bond donors (Lipinski definition) is 1. The molecule has 0 amide bonds. The quantitative estimate of drug-likeness (QED) is 0.422. The van der Waals surface area contributed by atoms with E-state index in [1.54, 1.807) is 0 Å². The first kappa shape index (κ1) is 19.7. The largest absolute Gasteiger partial charge is 0.260 e. The van der Waals surface area contributed by atoms with Crippen LogP contribution in [0, 0.1) is 0 Å². The van der Waals surface area contributed by atoms with Crippen LogP contribution in [0.5, 0.6) is 0 Å². The second-order valence-corrected chi connectivity index (χ2v) is 7.44. The first-order chi connectivity index (χ1) is 15.8. The van der Waals surface area contributed by atoms with Crippen LogP contribution in [0.15, 0.2) is 72.9 Å². The molecule has 0 saturated carbocycles. The summed E-state index contributed by atoms with van der Waals surface area (Å²) in [6.07, 6.45) is 3.49. The van der Waals surface area contributed by atoms with Crippen LogP contribution in [0.4, 0.5) is 0 Å². The van der Waals surface area contributed by atoms with Crippen molar-refractivity contribution in [2.24, 2.45) is 0 Å². The van der Waals surface area contributed by atoms with E-state index in [9.17, 15) is 0 Å². The number of nitrogens with zero attached hydrogens (tertiary/aromatic N) is 7. The van der Waals surface area contributed by atoms with Crippen molar-refractivity contribution >= 4 is 0 Å². The minimum atomic E-state index is 0.561. The molecule has 0 spiro atoms. The van der Waals surface area contributed by atoms with Gasteiger partial charge in [0.1, 0.15) is 5.82 Å². The van der Waals surface area contributed by atoms with E-state index in [0.717, 1.165) is 52.6 Å². The monoisotopic (exact) mass is 422 g/mol. The molecule has 0 aliphatic carbocycles. The van der Waals surface area contributed by atoms with Gasteiger partial charge in [0.05, 0.1) is 0 Å². The zero-order valence-electron chi connectivity index (χ0n) is 17.7. The number of aromatic amines is 1. The molecule has 5 rings (SSSR count). The number of tetrazole rings is 1. The van der Waals surface area contributed by atoms with Crippen LogP contribution in [0.1, 0.15) is 24.9 Å². The Balaban J connectivity index is 1.42. The molecule has 2 aromatic carbocycles. The maximum Gasteiger partial charge on any atom is 0.205 e. The highest BCUT2D eigenvalue weighted by Crippen LogP contribution is 2.29. The molecule has 32 heavy (non-hydrogen) atoms. The van der Waals surface area contributed by atoms with Gasteiger partial charge in [-0.15, -0.1) is 10.2 Å². The van der Waals surface area contributed by atoms with Crippen molar-refractivity contribution in [3.8, 4) is 33.9 Å². The summed E-state index contributed by atoms with van der Waals surface area (Å²) in [5, 5.41) is 19.1. The van der Waals surface area contributed by atoms with Gasteiger partial charge >= 0.3 is 0 Å². The van der Waals surface area contributed by atoms with Crippen molar-refractivity contribution in [2.75, 3.05) is 0 Å².